The first-order valence-corrected chi connectivity index (χ1v) is 21.6. The van der Waals surface area contributed by atoms with Gasteiger partial charge >= 0.3 is 0 Å². The van der Waals surface area contributed by atoms with E-state index in [0.717, 1.165) is 70.5 Å². The highest BCUT2D eigenvalue weighted by atomic mass is 32.2. The van der Waals surface area contributed by atoms with Crippen LogP contribution in [0.25, 0.3) is 0 Å². The molecular formula is C43H53N5O7S. The maximum atomic E-state index is 14.2. The summed E-state index contributed by atoms with van der Waals surface area (Å²) in [5, 5.41) is 6.08. The minimum atomic E-state index is -1.30. The second-order valence-corrected chi connectivity index (χ2v) is 16.8. The number of ether oxygens (including phenoxy) is 2. The lowest BCUT2D eigenvalue weighted by Crippen LogP contribution is -2.44. The molecule has 12 nitrogen and oxygen atoms in total. The maximum absolute atomic E-state index is 14.2. The van der Waals surface area contributed by atoms with E-state index >= 15 is 0 Å². The van der Waals surface area contributed by atoms with Gasteiger partial charge in [0.25, 0.3) is 11.8 Å². The standard InChI is InChI=1S/C43H53N5O7S/c1-4-55-38-26-31(12-14-37(38)54-2)36(27-56(3)53)48-42(51)34-6-5-7-35(40(34)43(48)52)44-32-18-22-47(23-19-32)25-24-46-20-16-29(17-21-46)28-8-10-30(11-9-28)33-13-15-39(49)45-41(33)50/h5-12,14,26,29,32-33,36,44H,4,13,15-25,27H2,1-3H3,(H,45,49,50). The Kier molecular flexibility index (Phi) is 12.5. The first-order chi connectivity index (χ1) is 27.1. The predicted octanol–water partition coefficient (Wildman–Crippen LogP) is 5.09. The van der Waals surface area contributed by atoms with Crippen molar-refractivity contribution >= 4 is 40.1 Å². The highest BCUT2D eigenvalue weighted by molar-refractivity contribution is 7.84. The monoisotopic (exact) mass is 783 g/mol. The molecule has 0 aromatic heterocycles. The van der Waals surface area contributed by atoms with E-state index in [1.54, 1.807) is 37.6 Å². The zero-order valence-electron chi connectivity index (χ0n) is 32.6. The number of nitrogens with zero attached hydrogens (tertiary/aromatic N) is 3. The second kappa shape index (κ2) is 17.7. The summed E-state index contributed by atoms with van der Waals surface area (Å²) in [4.78, 5) is 58.2. The van der Waals surface area contributed by atoms with Crippen LogP contribution in [0, 0.1) is 0 Å². The number of likely N-dealkylation sites (tertiary alicyclic amines) is 2. The van der Waals surface area contributed by atoms with E-state index in [1.165, 1.54) is 10.5 Å². The number of carbonyl (C=O) groups excluding carboxylic acids is 4. The number of hydrogen-bond donors (Lipinski definition) is 2. The molecule has 0 aliphatic carbocycles. The van der Waals surface area contributed by atoms with E-state index in [0.29, 0.717) is 59.2 Å². The molecule has 4 aliphatic rings. The Hall–Kier alpha value is -4.59. The highest BCUT2D eigenvalue weighted by Crippen LogP contribution is 2.39. The van der Waals surface area contributed by atoms with Gasteiger partial charge in [-0.1, -0.05) is 36.4 Å². The summed E-state index contributed by atoms with van der Waals surface area (Å²) in [5.41, 5.74) is 4.36. The third kappa shape index (κ3) is 8.69. The number of piperidine rings is 3. The highest BCUT2D eigenvalue weighted by Gasteiger charge is 2.43. The number of methoxy groups -OCH3 is 1. The van der Waals surface area contributed by atoms with Gasteiger partial charge in [-0.25, -0.2) is 0 Å². The van der Waals surface area contributed by atoms with Gasteiger partial charge < -0.3 is 24.6 Å². The van der Waals surface area contributed by atoms with Crippen molar-refractivity contribution in [1.29, 1.82) is 0 Å². The Morgan fingerprint density at radius 1 is 0.839 bits per heavy atom. The van der Waals surface area contributed by atoms with Crippen molar-refractivity contribution in [3.8, 4) is 11.5 Å². The third-order valence-electron chi connectivity index (χ3n) is 11.8. The Morgan fingerprint density at radius 2 is 1.52 bits per heavy atom. The van der Waals surface area contributed by atoms with E-state index < -0.39 is 16.8 Å². The summed E-state index contributed by atoms with van der Waals surface area (Å²) in [5.74, 6) is 0.258. The Morgan fingerprint density at radius 3 is 2.16 bits per heavy atom. The lowest BCUT2D eigenvalue weighted by molar-refractivity contribution is -0.134. The zero-order chi connectivity index (χ0) is 39.3. The molecule has 3 unspecified atom stereocenters. The van der Waals surface area contributed by atoms with Crippen LogP contribution in [0.4, 0.5) is 5.69 Å². The maximum Gasteiger partial charge on any atom is 0.264 e. The van der Waals surface area contributed by atoms with Crippen LogP contribution < -0.4 is 20.1 Å². The fourth-order valence-electron chi connectivity index (χ4n) is 8.72. The largest absolute Gasteiger partial charge is 0.493 e. The number of anilines is 1. The van der Waals surface area contributed by atoms with Crippen LogP contribution in [-0.4, -0.2) is 114 Å². The van der Waals surface area contributed by atoms with E-state index in [9.17, 15) is 23.4 Å². The molecule has 0 saturated carbocycles. The Balaban J connectivity index is 0.904. The molecule has 0 spiro atoms. The van der Waals surface area contributed by atoms with Crippen LogP contribution in [0.3, 0.4) is 0 Å². The molecule has 298 valence electrons. The average Bonchev–Trinajstić information content (AvgIpc) is 3.46. The van der Waals surface area contributed by atoms with Crippen LogP contribution >= 0.6 is 0 Å². The number of rotatable bonds is 14. The van der Waals surface area contributed by atoms with Gasteiger partial charge in [-0.3, -0.25) is 33.6 Å². The molecule has 3 aromatic rings. The van der Waals surface area contributed by atoms with Crippen LogP contribution in [0.1, 0.15) is 101 Å². The molecular weight excluding hydrogens is 731 g/mol. The number of amides is 4. The van der Waals surface area contributed by atoms with E-state index in [-0.39, 0.29) is 41.3 Å². The van der Waals surface area contributed by atoms with Crippen molar-refractivity contribution in [3.05, 3.63) is 88.5 Å². The average molecular weight is 784 g/mol. The van der Waals surface area contributed by atoms with Crippen molar-refractivity contribution in [2.45, 2.75) is 69.4 Å². The van der Waals surface area contributed by atoms with Crippen LogP contribution in [0.15, 0.2) is 60.7 Å². The molecule has 7 rings (SSSR count). The van der Waals surface area contributed by atoms with Crippen molar-refractivity contribution in [2.24, 2.45) is 0 Å². The molecule has 2 N–H and O–H groups in total. The third-order valence-corrected chi connectivity index (χ3v) is 12.6. The van der Waals surface area contributed by atoms with Crippen molar-refractivity contribution < 1.29 is 32.9 Å². The fraction of sp³-hybridized carbons (Fsp3) is 0.488. The summed E-state index contributed by atoms with van der Waals surface area (Å²) in [6.45, 7) is 8.34. The van der Waals surface area contributed by atoms with Crippen LogP contribution in [-0.2, 0) is 20.4 Å². The van der Waals surface area contributed by atoms with Gasteiger partial charge in [0, 0.05) is 67.1 Å². The summed E-state index contributed by atoms with van der Waals surface area (Å²) in [6, 6.07) is 18.6. The van der Waals surface area contributed by atoms with Crippen molar-refractivity contribution in [2.75, 3.05) is 70.3 Å². The topological polar surface area (TPSA) is 138 Å². The van der Waals surface area contributed by atoms with Gasteiger partial charge in [-0.15, -0.1) is 0 Å². The second-order valence-electron chi connectivity index (χ2n) is 15.4. The van der Waals surface area contributed by atoms with Crippen molar-refractivity contribution in [3.63, 3.8) is 0 Å². The smallest absolute Gasteiger partial charge is 0.264 e. The fourth-order valence-corrected chi connectivity index (χ4v) is 9.51. The number of nitrogens with one attached hydrogen (secondary N) is 2. The first kappa shape index (κ1) is 39.6. The minimum Gasteiger partial charge on any atom is -0.493 e. The SMILES string of the molecule is CCOc1cc(C(CS(C)=O)N2C(=O)c3cccc(NC4CCN(CCN5CCC(c6ccc(C7CCC(=O)NC7=O)cc6)CC5)CC4)c3C2=O)ccc1OC. The minimum absolute atomic E-state index is 0.102. The van der Waals surface area contributed by atoms with E-state index in [4.69, 9.17) is 9.47 Å². The molecule has 3 saturated heterocycles. The van der Waals surface area contributed by atoms with E-state index in [2.05, 4.69) is 44.7 Å². The van der Waals surface area contributed by atoms with Gasteiger partial charge in [0.2, 0.25) is 11.8 Å². The normalized spacial score (nSPS) is 21.1. The lowest BCUT2D eigenvalue weighted by Gasteiger charge is -2.36. The molecule has 4 aliphatic heterocycles. The van der Waals surface area contributed by atoms with Crippen LogP contribution in [0.5, 0.6) is 11.5 Å². The summed E-state index contributed by atoms with van der Waals surface area (Å²) in [7, 11) is 0.261. The molecule has 3 fully saturated rings. The molecule has 4 heterocycles. The molecule has 0 bridgehead atoms. The number of benzene rings is 3. The summed E-state index contributed by atoms with van der Waals surface area (Å²) < 4.78 is 23.8. The van der Waals surface area contributed by atoms with Gasteiger partial charge in [0.1, 0.15) is 0 Å². The van der Waals surface area contributed by atoms with Gasteiger partial charge in [-0.05, 0) is 99.0 Å². The summed E-state index contributed by atoms with van der Waals surface area (Å²) in [6.07, 6.45) is 6.61. The predicted molar refractivity (Wildman–Crippen MR) is 216 cm³/mol. The molecule has 0 radical (unpaired) electrons. The first-order valence-electron chi connectivity index (χ1n) is 19.9. The zero-order valence-corrected chi connectivity index (χ0v) is 33.4. The number of carbonyl (C=O) groups is 4. The number of imide groups is 2. The Bertz CT molecular complexity index is 1960. The number of hydrogen-bond acceptors (Lipinski definition) is 10. The Labute approximate surface area is 331 Å². The van der Waals surface area contributed by atoms with Gasteiger partial charge in [0.15, 0.2) is 11.5 Å². The summed E-state index contributed by atoms with van der Waals surface area (Å²) >= 11 is 0. The number of fused-ring (bicyclic) bond motifs is 1. The molecule has 3 aromatic carbocycles. The van der Waals surface area contributed by atoms with Crippen LogP contribution in [0.2, 0.25) is 0 Å². The quantitative estimate of drug-likeness (QED) is 0.213. The molecule has 4 amide bonds. The van der Waals surface area contributed by atoms with Gasteiger partial charge in [-0.2, -0.15) is 0 Å². The van der Waals surface area contributed by atoms with Gasteiger partial charge in [0.05, 0.1) is 36.8 Å². The molecule has 3 atom stereocenters. The van der Waals surface area contributed by atoms with E-state index in [1.807, 2.05) is 19.1 Å². The molecule has 56 heavy (non-hydrogen) atoms. The van der Waals surface area contributed by atoms with Crippen molar-refractivity contribution in [1.82, 2.24) is 20.0 Å². The molecule has 13 heteroatoms. The lowest BCUT2D eigenvalue weighted by atomic mass is 9.86.